The fourth-order valence-corrected chi connectivity index (χ4v) is 5.44. The van der Waals surface area contributed by atoms with Crippen molar-refractivity contribution in [1.82, 2.24) is 0 Å². The molecule has 0 radical (unpaired) electrons. The highest BCUT2D eigenvalue weighted by molar-refractivity contribution is 8.15. The number of aliphatic imine (C=N–C) groups is 3. The van der Waals surface area contributed by atoms with Gasteiger partial charge >= 0.3 is 6.61 Å². The number of hydrogen-bond acceptors (Lipinski definition) is 7. The summed E-state index contributed by atoms with van der Waals surface area (Å²) in [5.74, 6) is -1.07. The molecule has 0 aromatic heterocycles. The van der Waals surface area contributed by atoms with Gasteiger partial charge in [-0.1, -0.05) is 30.8 Å². The molecule has 1 fully saturated rings. The zero-order valence-corrected chi connectivity index (χ0v) is 29.1. The average Bonchev–Trinajstić information content (AvgIpc) is 3.42. The number of nitrogens with two attached hydrogens (primary N) is 1. The van der Waals surface area contributed by atoms with Crippen molar-refractivity contribution in [2.45, 2.75) is 38.9 Å². The molecule has 3 aromatic carbocycles. The molecule has 10 nitrogen and oxygen atoms in total. The second kappa shape index (κ2) is 19.1. The van der Waals surface area contributed by atoms with E-state index in [9.17, 15) is 22.8 Å². The van der Waals surface area contributed by atoms with Crippen LogP contribution in [0.4, 0.5) is 30.2 Å². The Morgan fingerprint density at radius 2 is 1.98 bits per heavy atom. The molecule has 1 aliphatic heterocycles. The van der Waals surface area contributed by atoms with E-state index in [4.69, 9.17) is 22.1 Å². The van der Waals surface area contributed by atoms with Crippen molar-refractivity contribution >= 4 is 84.6 Å². The number of rotatable bonds is 13. The summed E-state index contributed by atoms with van der Waals surface area (Å²) in [5, 5.41) is 4.33. The van der Waals surface area contributed by atoms with Crippen LogP contribution in [0.1, 0.15) is 30.0 Å². The topological polar surface area (TPSA) is 131 Å². The van der Waals surface area contributed by atoms with Gasteiger partial charge in [-0.15, -0.1) is 20.8 Å². The van der Waals surface area contributed by atoms with Crippen LogP contribution in [0.3, 0.4) is 0 Å². The maximum absolute atomic E-state index is 13.6. The Morgan fingerprint density at radius 3 is 2.62 bits per heavy atom. The van der Waals surface area contributed by atoms with E-state index in [1.165, 1.54) is 22.7 Å². The van der Waals surface area contributed by atoms with Crippen LogP contribution in [-0.4, -0.2) is 61.1 Å². The average molecular weight is 723 g/mol. The van der Waals surface area contributed by atoms with Gasteiger partial charge in [0, 0.05) is 29.9 Å². The molecule has 3 N–H and O–H groups in total. The molecule has 256 valence electrons. The van der Waals surface area contributed by atoms with Crippen LogP contribution < -0.4 is 26.0 Å². The Morgan fingerprint density at radius 1 is 1.21 bits per heavy atom. The quantitative estimate of drug-likeness (QED) is 0.0711. The van der Waals surface area contributed by atoms with Gasteiger partial charge in [0.25, 0.3) is 0 Å². The molecule has 2 unspecified atom stereocenters. The number of anilines is 2. The minimum atomic E-state index is -3.09. The largest absolute Gasteiger partial charge is 0.432 e. The number of amidine groups is 2. The Balaban J connectivity index is 0.000000261. The highest BCUT2D eigenvalue weighted by Crippen LogP contribution is 2.31. The predicted molar refractivity (Wildman–Crippen MR) is 191 cm³/mol. The predicted octanol–water partition coefficient (Wildman–Crippen LogP) is 6.16. The molecule has 48 heavy (non-hydrogen) atoms. The molecule has 1 aliphatic rings. The summed E-state index contributed by atoms with van der Waals surface area (Å²) in [6, 6.07) is 14.6. The van der Waals surface area contributed by atoms with Crippen molar-refractivity contribution in [3.63, 3.8) is 0 Å². The molecule has 1 saturated heterocycles. The number of thioether (sulfide) groups is 1. The Labute approximate surface area is 288 Å². The summed E-state index contributed by atoms with van der Waals surface area (Å²) >= 11 is 7.32. The molecule has 0 spiro atoms. The Bertz CT molecular complexity index is 1680. The molecule has 4 rings (SSSR count). The maximum Gasteiger partial charge on any atom is 0.387 e. The molecule has 2 amide bonds. The molecule has 2 atom stereocenters. The van der Waals surface area contributed by atoms with E-state index in [0.717, 1.165) is 47.0 Å². The van der Waals surface area contributed by atoms with Crippen molar-refractivity contribution < 1.29 is 32.2 Å². The molecule has 0 aliphatic carbocycles. The first-order chi connectivity index (χ1) is 23.0. The summed E-state index contributed by atoms with van der Waals surface area (Å²) in [5.41, 5.74) is 10.3. The van der Waals surface area contributed by atoms with Gasteiger partial charge in [0.2, 0.25) is 12.3 Å². The number of amides is 2. The number of nitrogens with one attached hydrogen (secondary N) is 1. The van der Waals surface area contributed by atoms with Crippen molar-refractivity contribution in [1.29, 1.82) is 0 Å². The number of benzene rings is 3. The van der Waals surface area contributed by atoms with E-state index >= 15 is 0 Å². The second-order valence-corrected chi connectivity index (χ2v) is 12.2. The number of alkyl halides is 3. The van der Waals surface area contributed by atoms with E-state index in [1.54, 1.807) is 6.07 Å². The second-order valence-electron chi connectivity index (χ2n) is 9.99. The summed E-state index contributed by atoms with van der Waals surface area (Å²) < 4.78 is 47.4. The van der Waals surface area contributed by atoms with Crippen LogP contribution in [-0.2, 0) is 20.9 Å². The van der Waals surface area contributed by atoms with E-state index in [1.807, 2.05) is 51.2 Å². The summed E-state index contributed by atoms with van der Waals surface area (Å²) in [7, 11) is 4.39. The third-order valence-corrected chi connectivity index (χ3v) is 8.41. The first-order valence-corrected chi connectivity index (χ1v) is 16.4. The smallest absolute Gasteiger partial charge is 0.387 e. The van der Waals surface area contributed by atoms with Gasteiger partial charge in [-0.2, -0.15) is 13.8 Å². The fourth-order valence-electron chi connectivity index (χ4n) is 4.10. The molecule has 0 bridgehead atoms. The van der Waals surface area contributed by atoms with E-state index in [2.05, 4.69) is 34.3 Å². The minimum absolute atomic E-state index is 0.0277. The van der Waals surface area contributed by atoms with Gasteiger partial charge in [-0.05, 0) is 60.6 Å². The zero-order chi connectivity index (χ0) is 35.2. The normalized spacial score (nSPS) is 14.8. The molecule has 0 saturated carbocycles. The van der Waals surface area contributed by atoms with E-state index in [0.29, 0.717) is 36.0 Å². The summed E-state index contributed by atoms with van der Waals surface area (Å²) in [6.45, 7) is 1.65. The standard InChI is InChI=1S/C16H19ClN2O3S.C16H16F3N4OP/c1-3-13(17)8-22-7-12-5-4-11(2)6-14(12)19-15(21)9-23-16(19)18-10-20;1-21-12-4-2-9(6-14(12)25)15(20)23-8-22-10-3-5-13(11(17)7-10)24-16(18)19/h4-6,10,13H,3,7-9H2,1-2H3;2-8,16,21H,25H2,1H3,(H2,20,22,23). The highest BCUT2D eigenvalue weighted by Gasteiger charge is 2.31. The number of carbonyl (C=O) groups is 2. The van der Waals surface area contributed by atoms with Crippen LogP contribution in [0.2, 0.25) is 0 Å². The van der Waals surface area contributed by atoms with Gasteiger partial charge in [0.05, 0.1) is 35.7 Å². The number of hydrogen-bond donors (Lipinski definition) is 2. The van der Waals surface area contributed by atoms with Gasteiger partial charge in [0.1, 0.15) is 12.2 Å². The summed E-state index contributed by atoms with van der Waals surface area (Å²) in [6.07, 6.45) is 2.45. The van der Waals surface area contributed by atoms with Gasteiger partial charge in [-0.3, -0.25) is 14.5 Å². The SMILES string of the molecule is CCC(Cl)COCc1ccc(C)cc1N1C(=O)CSC1=NC=O.CNc1ccc(C(N)=NC=Nc2ccc(OC(F)F)c(F)c2)cc1P. The van der Waals surface area contributed by atoms with Gasteiger partial charge in [0.15, 0.2) is 16.7 Å². The number of halogens is 4. The van der Waals surface area contributed by atoms with E-state index in [-0.39, 0.29) is 28.6 Å². The first kappa shape index (κ1) is 38.5. The van der Waals surface area contributed by atoms with Crippen molar-refractivity contribution in [3.05, 3.63) is 77.1 Å². The van der Waals surface area contributed by atoms with Crippen molar-refractivity contribution in [2.75, 3.05) is 29.6 Å². The van der Waals surface area contributed by atoms with Crippen LogP contribution in [0.15, 0.2) is 69.6 Å². The molecule has 1 heterocycles. The van der Waals surface area contributed by atoms with Crippen LogP contribution in [0, 0.1) is 12.7 Å². The van der Waals surface area contributed by atoms with Crippen LogP contribution in [0.5, 0.6) is 5.75 Å². The molecule has 3 aromatic rings. The summed E-state index contributed by atoms with van der Waals surface area (Å²) in [4.78, 5) is 36.1. The first-order valence-electron chi connectivity index (χ1n) is 14.4. The molecular weight excluding hydrogens is 688 g/mol. The van der Waals surface area contributed by atoms with Gasteiger partial charge in [-0.25, -0.2) is 14.4 Å². The fraction of sp³-hybridized carbons (Fsp3) is 0.281. The third kappa shape index (κ3) is 11.3. The van der Waals surface area contributed by atoms with Crippen molar-refractivity contribution in [3.8, 4) is 5.75 Å². The Kier molecular flexibility index (Phi) is 15.3. The van der Waals surface area contributed by atoms with Crippen LogP contribution in [0.25, 0.3) is 0 Å². The number of aryl methyl sites for hydroxylation is 1. The van der Waals surface area contributed by atoms with Crippen LogP contribution >= 0.6 is 32.6 Å². The lowest BCUT2D eigenvalue weighted by atomic mass is 10.1. The van der Waals surface area contributed by atoms with E-state index < -0.39 is 18.2 Å². The lowest BCUT2D eigenvalue weighted by Crippen LogP contribution is -2.30. The number of nitrogens with zero attached hydrogens (tertiary/aromatic N) is 4. The highest BCUT2D eigenvalue weighted by atomic mass is 35.5. The van der Waals surface area contributed by atoms with Crippen molar-refractivity contribution in [2.24, 2.45) is 20.7 Å². The lowest BCUT2D eigenvalue weighted by molar-refractivity contribution is -0.115. The Hall–Kier alpha value is -3.97. The van der Waals surface area contributed by atoms with Gasteiger partial charge < -0.3 is 20.5 Å². The molecule has 16 heteroatoms. The lowest BCUT2D eigenvalue weighted by Gasteiger charge is -2.20. The third-order valence-electron chi connectivity index (χ3n) is 6.56. The molecular formula is C32H35ClF3N6O4PS. The monoisotopic (exact) mass is 722 g/mol. The number of ether oxygens (including phenoxy) is 2. The maximum atomic E-state index is 13.6. The number of carbonyl (C=O) groups excluding carboxylic acids is 2. The zero-order valence-electron chi connectivity index (χ0n) is 26.3. The minimum Gasteiger partial charge on any atom is -0.432 e.